The molecule has 0 atom stereocenters. The number of carbonyl (C=O) groups excluding carboxylic acids is 1. The molecule has 2 aromatic carbocycles. The molecule has 2 aromatic heterocycles. The molecule has 4 aromatic rings. The van der Waals surface area contributed by atoms with Crippen molar-refractivity contribution in [3.63, 3.8) is 0 Å². The zero-order valence-corrected chi connectivity index (χ0v) is 14.8. The summed E-state index contributed by atoms with van der Waals surface area (Å²) in [7, 11) is 0. The molecule has 2 heterocycles. The Bertz CT molecular complexity index is 1080. The lowest BCUT2D eigenvalue weighted by Gasteiger charge is -2.12. The van der Waals surface area contributed by atoms with Gasteiger partial charge in [0.15, 0.2) is 0 Å². The van der Waals surface area contributed by atoms with Crippen molar-refractivity contribution in [1.82, 2.24) is 20.3 Å². The monoisotopic (exact) mass is 344 g/mol. The number of aromatic nitrogens is 3. The minimum atomic E-state index is -0.0336. The number of aromatic amines is 1. The number of H-pyrrole nitrogens is 1. The number of nitrogens with zero attached hydrogens (tertiary/aromatic N) is 2. The first-order valence-electron chi connectivity index (χ1n) is 8.67. The van der Waals surface area contributed by atoms with Gasteiger partial charge in [0.25, 0.3) is 0 Å². The fourth-order valence-corrected chi connectivity index (χ4v) is 3.33. The highest BCUT2D eigenvalue weighted by Crippen LogP contribution is 2.22. The van der Waals surface area contributed by atoms with Crippen LogP contribution in [0.5, 0.6) is 0 Å². The highest BCUT2D eigenvalue weighted by Gasteiger charge is 2.13. The van der Waals surface area contributed by atoms with E-state index in [9.17, 15) is 4.79 Å². The summed E-state index contributed by atoms with van der Waals surface area (Å²) in [4.78, 5) is 24.8. The second-order valence-corrected chi connectivity index (χ2v) is 6.47. The van der Waals surface area contributed by atoms with Gasteiger partial charge in [-0.15, -0.1) is 0 Å². The van der Waals surface area contributed by atoms with E-state index < -0.39 is 0 Å². The fourth-order valence-electron chi connectivity index (χ4n) is 3.33. The average molecular weight is 344 g/mol. The van der Waals surface area contributed by atoms with E-state index >= 15 is 0 Å². The van der Waals surface area contributed by atoms with Gasteiger partial charge in [0.2, 0.25) is 5.91 Å². The number of fused-ring (bicyclic) bond motifs is 2. The first kappa shape index (κ1) is 16.3. The second kappa shape index (κ2) is 6.59. The third-order valence-electron chi connectivity index (χ3n) is 4.71. The number of pyridine rings is 1. The van der Waals surface area contributed by atoms with Crippen LogP contribution in [-0.2, 0) is 17.8 Å². The Hall–Kier alpha value is -3.21. The smallest absolute Gasteiger partial charge is 0.224 e. The largest absolute Gasteiger partial charge is 0.349 e. The first-order chi connectivity index (χ1) is 12.6. The van der Waals surface area contributed by atoms with Crippen LogP contribution < -0.4 is 5.32 Å². The fraction of sp³-hybridized carbons (Fsp3) is 0.190. The molecule has 4 rings (SSSR count). The van der Waals surface area contributed by atoms with Crippen LogP contribution in [0.2, 0.25) is 0 Å². The van der Waals surface area contributed by atoms with E-state index in [-0.39, 0.29) is 5.91 Å². The maximum absolute atomic E-state index is 12.5. The van der Waals surface area contributed by atoms with E-state index in [0.29, 0.717) is 13.0 Å². The van der Waals surface area contributed by atoms with Crippen LogP contribution in [0.15, 0.2) is 48.5 Å². The molecule has 0 fully saturated rings. The molecule has 0 bridgehead atoms. The average Bonchev–Trinajstić information content (AvgIpc) is 3.06. The van der Waals surface area contributed by atoms with E-state index in [4.69, 9.17) is 0 Å². The van der Waals surface area contributed by atoms with Crippen molar-refractivity contribution in [2.45, 2.75) is 26.8 Å². The van der Waals surface area contributed by atoms with Crippen molar-refractivity contribution in [1.29, 1.82) is 0 Å². The quantitative estimate of drug-likeness (QED) is 0.594. The van der Waals surface area contributed by atoms with E-state index in [1.54, 1.807) is 0 Å². The lowest BCUT2D eigenvalue weighted by molar-refractivity contribution is -0.120. The number of nitrogens with one attached hydrogen (secondary N) is 2. The molecule has 130 valence electrons. The summed E-state index contributed by atoms with van der Waals surface area (Å²) in [5.41, 5.74) is 5.86. The molecule has 2 N–H and O–H groups in total. The van der Waals surface area contributed by atoms with Crippen LogP contribution in [0, 0.1) is 13.8 Å². The van der Waals surface area contributed by atoms with E-state index in [1.165, 1.54) is 0 Å². The zero-order valence-electron chi connectivity index (χ0n) is 14.8. The molecule has 0 spiro atoms. The van der Waals surface area contributed by atoms with Gasteiger partial charge in [0, 0.05) is 11.1 Å². The Labute approximate surface area is 151 Å². The molecule has 26 heavy (non-hydrogen) atoms. The molecular formula is C21H20N4O. The van der Waals surface area contributed by atoms with Gasteiger partial charge >= 0.3 is 0 Å². The highest BCUT2D eigenvalue weighted by atomic mass is 16.1. The summed E-state index contributed by atoms with van der Waals surface area (Å²) in [6.07, 6.45) is 0.315. The van der Waals surface area contributed by atoms with Gasteiger partial charge in [-0.1, -0.05) is 30.3 Å². The molecule has 0 radical (unpaired) electrons. The third kappa shape index (κ3) is 3.04. The number of benzene rings is 2. The van der Waals surface area contributed by atoms with Gasteiger partial charge in [-0.3, -0.25) is 9.78 Å². The van der Waals surface area contributed by atoms with E-state index in [0.717, 1.165) is 44.6 Å². The number of para-hydroxylation sites is 3. The molecule has 5 nitrogen and oxygen atoms in total. The van der Waals surface area contributed by atoms with Crippen molar-refractivity contribution in [2.75, 3.05) is 0 Å². The van der Waals surface area contributed by atoms with Gasteiger partial charge in [-0.05, 0) is 43.2 Å². The molecule has 0 aliphatic carbocycles. The Morgan fingerprint density at radius 2 is 1.73 bits per heavy atom. The van der Waals surface area contributed by atoms with Crippen molar-refractivity contribution < 1.29 is 4.79 Å². The van der Waals surface area contributed by atoms with Crippen LogP contribution in [-0.4, -0.2) is 20.9 Å². The molecule has 5 heteroatoms. The first-order valence-corrected chi connectivity index (χ1v) is 8.67. The number of hydrogen-bond acceptors (Lipinski definition) is 3. The summed E-state index contributed by atoms with van der Waals surface area (Å²) in [5, 5.41) is 4.05. The number of amides is 1. The third-order valence-corrected chi connectivity index (χ3v) is 4.71. The molecule has 0 aliphatic heterocycles. The van der Waals surface area contributed by atoms with Gasteiger partial charge < -0.3 is 10.3 Å². The molecule has 0 saturated heterocycles. The number of carbonyl (C=O) groups is 1. The SMILES string of the molecule is Cc1nc2ccccc2c(C)c1CC(=O)NCc1nc2ccccc2[nH]1. The second-order valence-electron chi connectivity index (χ2n) is 6.47. The van der Waals surface area contributed by atoms with E-state index in [2.05, 4.69) is 27.2 Å². The van der Waals surface area contributed by atoms with Crippen LogP contribution >= 0.6 is 0 Å². The maximum Gasteiger partial charge on any atom is 0.224 e. The molecular weight excluding hydrogens is 324 g/mol. The van der Waals surface area contributed by atoms with Crippen LogP contribution in [0.25, 0.3) is 21.9 Å². The van der Waals surface area contributed by atoms with Crippen LogP contribution in [0.3, 0.4) is 0 Å². The number of hydrogen-bond donors (Lipinski definition) is 2. The van der Waals surface area contributed by atoms with E-state index in [1.807, 2.05) is 55.5 Å². The summed E-state index contributed by atoms with van der Waals surface area (Å²) >= 11 is 0. The lowest BCUT2D eigenvalue weighted by Crippen LogP contribution is -2.26. The minimum Gasteiger partial charge on any atom is -0.349 e. The van der Waals surface area contributed by atoms with Crippen LogP contribution in [0.4, 0.5) is 0 Å². The number of rotatable bonds is 4. The normalized spacial score (nSPS) is 11.2. The number of aryl methyl sites for hydroxylation is 2. The van der Waals surface area contributed by atoms with Gasteiger partial charge in [0.1, 0.15) is 5.82 Å². The zero-order chi connectivity index (χ0) is 18.1. The predicted molar refractivity (Wildman–Crippen MR) is 103 cm³/mol. The van der Waals surface area contributed by atoms with Crippen molar-refractivity contribution in [3.8, 4) is 0 Å². The Balaban J connectivity index is 1.50. The molecule has 1 amide bonds. The standard InChI is InChI=1S/C21H20N4O/c1-13-15-7-3-4-8-17(15)23-14(2)16(13)11-21(26)22-12-20-24-18-9-5-6-10-19(18)25-20/h3-10H,11-12H2,1-2H3,(H,22,26)(H,24,25). The Morgan fingerprint density at radius 3 is 2.54 bits per heavy atom. The van der Waals surface area contributed by atoms with Gasteiger partial charge in [-0.2, -0.15) is 0 Å². The van der Waals surface area contributed by atoms with Gasteiger partial charge in [0.05, 0.1) is 29.5 Å². The summed E-state index contributed by atoms with van der Waals surface area (Å²) < 4.78 is 0. The molecule has 0 saturated carbocycles. The number of imidazole rings is 1. The van der Waals surface area contributed by atoms with Crippen molar-refractivity contribution in [3.05, 3.63) is 71.2 Å². The van der Waals surface area contributed by atoms with Crippen molar-refractivity contribution >= 4 is 27.8 Å². The molecule has 0 unspecified atom stereocenters. The summed E-state index contributed by atoms with van der Waals surface area (Å²) in [5.74, 6) is 0.721. The summed E-state index contributed by atoms with van der Waals surface area (Å²) in [6, 6.07) is 15.9. The summed E-state index contributed by atoms with van der Waals surface area (Å²) in [6.45, 7) is 4.40. The topological polar surface area (TPSA) is 70.7 Å². The maximum atomic E-state index is 12.5. The predicted octanol–water partition coefficient (Wildman–Crippen LogP) is 3.59. The minimum absolute atomic E-state index is 0.0336. The van der Waals surface area contributed by atoms with Crippen LogP contribution in [0.1, 0.15) is 22.6 Å². The highest BCUT2D eigenvalue weighted by molar-refractivity contribution is 5.86. The Morgan fingerprint density at radius 1 is 1.00 bits per heavy atom. The lowest BCUT2D eigenvalue weighted by atomic mass is 9.99. The Kier molecular flexibility index (Phi) is 4.13. The van der Waals surface area contributed by atoms with Gasteiger partial charge in [-0.25, -0.2) is 4.98 Å². The van der Waals surface area contributed by atoms with Crippen molar-refractivity contribution in [2.24, 2.45) is 0 Å². The molecule has 0 aliphatic rings.